The molecule has 3 heteroatoms. The molecule has 0 bridgehead atoms. The number of hydrogen-bond acceptors (Lipinski definition) is 2. The Morgan fingerprint density at radius 1 is 0.966 bits per heavy atom. The molecule has 3 aromatic rings. The first-order chi connectivity index (χ1) is 13.8. The molecule has 2 heterocycles. The van der Waals surface area contributed by atoms with Gasteiger partial charge in [-0.05, 0) is 74.7 Å². The number of rotatable bonds is 1. The van der Waals surface area contributed by atoms with Crippen molar-refractivity contribution in [2.75, 3.05) is 4.90 Å². The fourth-order valence-electron chi connectivity index (χ4n) is 4.92. The molecule has 29 heavy (non-hydrogen) atoms. The molecule has 0 spiro atoms. The first-order valence-corrected chi connectivity index (χ1v) is 10.8. The Bertz CT molecular complexity index is 1160. The summed E-state index contributed by atoms with van der Waals surface area (Å²) in [6.45, 7) is 9.53. The van der Waals surface area contributed by atoms with Crippen LogP contribution in [0.2, 0.25) is 0 Å². The molecule has 5 rings (SSSR count). The minimum Gasteiger partial charge on any atom is -0.488 e. The zero-order chi connectivity index (χ0) is 20.3. The molecule has 0 radical (unpaired) electrons. The molecule has 0 saturated heterocycles. The molecule has 0 aliphatic carbocycles. The van der Waals surface area contributed by atoms with Crippen molar-refractivity contribution in [2.24, 2.45) is 0 Å². The number of benzene rings is 3. The number of nitrogens with zero attached hydrogens (tertiary/aromatic N) is 1. The molecule has 0 aromatic heterocycles. The number of fused-ring (bicyclic) bond motifs is 5. The van der Waals surface area contributed by atoms with Gasteiger partial charge in [-0.1, -0.05) is 46.3 Å². The summed E-state index contributed by atoms with van der Waals surface area (Å²) in [7, 11) is 0. The van der Waals surface area contributed by atoms with Crippen molar-refractivity contribution in [1.29, 1.82) is 0 Å². The highest BCUT2D eigenvalue weighted by Crippen LogP contribution is 2.49. The van der Waals surface area contributed by atoms with Gasteiger partial charge in [0.15, 0.2) is 0 Å². The van der Waals surface area contributed by atoms with Crippen LogP contribution >= 0.6 is 15.9 Å². The molecule has 2 aliphatic rings. The van der Waals surface area contributed by atoms with Crippen LogP contribution in [0.25, 0.3) is 16.7 Å². The number of aryl methyl sites for hydroxylation is 1. The molecule has 0 amide bonds. The Hall–Kier alpha value is -2.52. The van der Waals surface area contributed by atoms with Crippen molar-refractivity contribution in [3.8, 4) is 16.9 Å². The van der Waals surface area contributed by atoms with E-state index in [0.29, 0.717) is 6.61 Å². The Morgan fingerprint density at radius 3 is 2.55 bits per heavy atom. The predicted octanol–water partition coefficient (Wildman–Crippen LogP) is 7.65. The monoisotopic (exact) mass is 445 g/mol. The van der Waals surface area contributed by atoms with Gasteiger partial charge in [-0.15, -0.1) is 0 Å². The average molecular weight is 446 g/mol. The highest BCUT2D eigenvalue weighted by Gasteiger charge is 2.35. The van der Waals surface area contributed by atoms with Crippen molar-refractivity contribution < 1.29 is 4.74 Å². The lowest BCUT2D eigenvalue weighted by Gasteiger charge is -2.44. The van der Waals surface area contributed by atoms with Crippen molar-refractivity contribution in [3.05, 3.63) is 81.8 Å². The number of anilines is 2. The SMILES string of the molecule is CC1=CC(C)(C)N(c2cc(C)cc(Br)c2)c2ccc3c(c21)COc1ccccc1-3. The highest BCUT2D eigenvalue weighted by molar-refractivity contribution is 9.10. The van der Waals surface area contributed by atoms with E-state index in [2.05, 4.69) is 103 Å². The Kier molecular flexibility index (Phi) is 4.15. The zero-order valence-electron chi connectivity index (χ0n) is 17.2. The molecule has 0 N–H and O–H groups in total. The van der Waals surface area contributed by atoms with Crippen LogP contribution in [0.4, 0.5) is 11.4 Å². The quantitative estimate of drug-likeness (QED) is 0.381. The maximum atomic E-state index is 6.14. The zero-order valence-corrected chi connectivity index (χ0v) is 18.8. The molecule has 2 nitrogen and oxygen atoms in total. The second-order valence-electron chi connectivity index (χ2n) is 8.57. The molecule has 0 fully saturated rings. The van der Waals surface area contributed by atoms with Gasteiger partial charge in [0, 0.05) is 32.5 Å². The van der Waals surface area contributed by atoms with Gasteiger partial charge in [0.1, 0.15) is 12.4 Å². The fourth-order valence-corrected chi connectivity index (χ4v) is 5.52. The van der Waals surface area contributed by atoms with E-state index in [1.807, 2.05) is 6.07 Å². The minimum atomic E-state index is -0.133. The second-order valence-corrected chi connectivity index (χ2v) is 9.49. The van der Waals surface area contributed by atoms with E-state index in [4.69, 9.17) is 4.74 Å². The smallest absolute Gasteiger partial charge is 0.127 e. The summed E-state index contributed by atoms with van der Waals surface area (Å²) in [6.07, 6.45) is 2.38. The van der Waals surface area contributed by atoms with E-state index < -0.39 is 0 Å². The summed E-state index contributed by atoms with van der Waals surface area (Å²) in [5.74, 6) is 0.970. The van der Waals surface area contributed by atoms with E-state index in [1.54, 1.807) is 0 Å². The standard InChI is InChI=1S/C26H24BrNO/c1-16-11-18(27)13-19(12-16)28-23-10-9-20-21-7-5-6-8-24(21)29-15-22(20)25(23)17(2)14-26(28,3)4/h5-14H,15H2,1-4H3. The van der Waals surface area contributed by atoms with Crippen LogP contribution in [0.3, 0.4) is 0 Å². The molecule has 0 unspecified atom stereocenters. The first kappa shape index (κ1) is 18.5. The van der Waals surface area contributed by atoms with Gasteiger partial charge >= 0.3 is 0 Å². The van der Waals surface area contributed by atoms with Crippen LogP contribution in [-0.2, 0) is 6.61 Å². The third-order valence-corrected chi connectivity index (χ3v) is 6.36. The summed E-state index contributed by atoms with van der Waals surface area (Å²) in [4.78, 5) is 2.45. The van der Waals surface area contributed by atoms with E-state index in [0.717, 1.165) is 10.2 Å². The Balaban J connectivity index is 1.77. The summed E-state index contributed by atoms with van der Waals surface area (Å²) in [6, 6.07) is 19.5. The predicted molar refractivity (Wildman–Crippen MR) is 125 cm³/mol. The Morgan fingerprint density at radius 2 is 1.76 bits per heavy atom. The van der Waals surface area contributed by atoms with Crippen LogP contribution < -0.4 is 9.64 Å². The maximum absolute atomic E-state index is 6.14. The molecular weight excluding hydrogens is 422 g/mol. The number of para-hydroxylation sites is 1. The summed E-state index contributed by atoms with van der Waals surface area (Å²) in [5, 5.41) is 0. The van der Waals surface area contributed by atoms with Crippen LogP contribution in [0.5, 0.6) is 5.75 Å². The lowest BCUT2D eigenvalue weighted by molar-refractivity contribution is 0.302. The normalized spacial score (nSPS) is 16.3. The van der Waals surface area contributed by atoms with E-state index in [9.17, 15) is 0 Å². The summed E-state index contributed by atoms with van der Waals surface area (Å²) >= 11 is 3.68. The largest absolute Gasteiger partial charge is 0.488 e. The topological polar surface area (TPSA) is 12.5 Å². The lowest BCUT2D eigenvalue weighted by atomic mass is 9.82. The minimum absolute atomic E-state index is 0.133. The van der Waals surface area contributed by atoms with Crippen molar-refractivity contribution in [3.63, 3.8) is 0 Å². The van der Waals surface area contributed by atoms with E-state index in [1.165, 1.54) is 44.8 Å². The van der Waals surface area contributed by atoms with E-state index >= 15 is 0 Å². The third-order valence-electron chi connectivity index (χ3n) is 5.91. The molecule has 2 aliphatic heterocycles. The van der Waals surface area contributed by atoms with Crippen molar-refractivity contribution in [1.82, 2.24) is 0 Å². The molecule has 146 valence electrons. The van der Waals surface area contributed by atoms with Crippen molar-refractivity contribution in [2.45, 2.75) is 39.8 Å². The van der Waals surface area contributed by atoms with Gasteiger partial charge in [0.2, 0.25) is 0 Å². The highest BCUT2D eigenvalue weighted by atomic mass is 79.9. The molecular formula is C26H24BrNO. The van der Waals surface area contributed by atoms with Crippen LogP contribution in [0.15, 0.2) is 65.1 Å². The van der Waals surface area contributed by atoms with Gasteiger partial charge < -0.3 is 9.64 Å². The maximum Gasteiger partial charge on any atom is 0.127 e. The number of allylic oxidation sites excluding steroid dienone is 1. The molecule has 0 atom stereocenters. The van der Waals surface area contributed by atoms with Crippen LogP contribution in [0, 0.1) is 6.92 Å². The first-order valence-electron chi connectivity index (χ1n) is 10.0. The number of ether oxygens (including phenoxy) is 1. The van der Waals surface area contributed by atoms with Crippen molar-refractivity contribution >= 4 is 32.9 Å². The third kappa shape index (κ3) is 2.91. The number of hydrogen-bond donors (Lipinski definition) is 0. The van der Waals surface area contributed by atoms with Crippen LogP contribution in [0.1, 0.15) is 37.5 Å². The van der Waals surface area contributed by atoms with Gasteiger partial charge in [-0.25, -0.2) is 0 Å². The van der Waals surface area contributed by atoms with Crippen LogP contribution in [-0.4, -0.2) is 5.54 Å². The van der Waals surface area contributed by atoms with Gasteiger partial charge in [-0.3, -0.25) is 0 Å². The van der Waals surface area contributed by atoms with Gasteiger partial charge in [-0.2, -0.15) is 0 Å². The summed E-state index contributed by atoms with van der Waals surface area (Å²) < 4.78 is 7.25. The molecule has 3 aromatic carbocycles. The second kappa shape index (κ2) is 6.50. The van der Waals surface area contributed by atoms with E-state index in [-0.39, 0.29) is 5.54 Å². The Labute approximate surface area is 181 Å². The fraction of sp³-hybridized carbons (Fsp3) is 0.231. The lowest BCUT2D eigenvalue weighted by Crippen LogP contribution is -2.42. The average Bonchev–Trinajstić information content (AvgIpc) is 2.65. The number of halogens is 1. The van der Waals surface area contributed by atoms with Gasteiger partial charge in [0.05, 0.1) is 5.54 Å². The summed E-state index contributed by atoms with van der Waals surface area (Å²) in [5.41, 5.74) is 9.91. The molecule has 0 saturated carbocycles. The van der Waals surface area contributed by atoms with Gasteiger partial charge in [0.25, 0.3) is 0 Å².